The van der Waals surface area contributed by atoms with Crippen LogP contribution < -0.4 is 10.6 Å². The molecule has 1 fully saturated rings. The average Bonchev–Trinajstić information content (AvgIpc) is 2.70. The largest absolute Gasteiger partial charge is 0.380 e. The van der Waals surface area contributed by atoms with E-state index in [1.165, 1.54) is 25.7 Å². The molecule has 0 bridgehead atoms. The van der Waals surface area contributed by atoms with Gasteiger partial charge in [-0.2, -0.15) is 0 Å². The lowest BCUT2D eigenvalue weighted by Crippen LogP contribution is -2.41. The quantitative estimate of drug-likeness (QED) is 0.454. The van der Waals surface area contributed by atoms with Gasteiger partial charge < -0.3 is 10.6 Å². The first-order valence-corrected chi connectivity index (χ1v) is 11.6. The molecule has 0 atom stereocenters. The number of nitrogens with one attached hydrogen (secondary N) is 2. The second-order valence-corrected chi connectivity index (χ2v) is 9.89. The van der Waals surface area contributed by atoms with Gasteiger partial charge in [-0.25, -0.2) is 0 Å². The third-order valence-corrected chi connectivity index (χ3v) is 7.08. The molecule has 1 saturated carbocycles. The van der Waals surface area contributed by atoms with Crippen molar-refractivity contribution >= 4 is 39.1 Å². The lowest BCUT2D eigenvalue weighted by molar-refractivity contribution is 0.0948. The summed E-state index contributed by atoms with van der Waals surface area (Å²) in [4.78, 5) is 12.3. The zero-order chi connectivity index (χ0) is 20.9. The molecule has 1 amide bonds. The van der Waals surface area contributed by atoms with Crippen LogP contribution >= 0.6 is 27.5 Å². The minimum atomic E-state index is -0.000501. The molecule has 2 aromatic rings. The van der Waals surface area contributed by atoms with Gasteiger partial charge in [0, 0.05) is 27.3 Å². The van der Waals surface area contributed by atoms with E-state index in [1.54, 1.807) is 0 Å². The molecule has 0 radical (unpaired) electrons. The molecule has 0 saturated heterocycles. The van der Waals surface area contributed by atoms with Crippen LogP contribution in [0.3, 0.4) is 0 Å². The van der Waals surface area contributed by atoms with Crippen LogP contribution in [0, 0.1) is 11.8 Å². The van der Waals surface area contributed by atoms with Crippen molar-refractivity contribution in [2.75, 3.05) is 11.9 Å². The Morgan fingerprint density at radius 2 is 1.72 bits per heavy atom. The number of anilines is 1. The number of amides is 1. The number of benzene rings is 2. The van der Waals surface area contributed by atoms with Crippen LogP contribution in [-0.4, -0.2) is 18.0 Å². The van der Waals surface area contributed by atoms with Crippen LogP contribution in [0.2, 0.25) is 5.02 Å². The Hall–Kier alpha value is -1.52. The summed E-state index contributed by atoms with van der Waals surface area (Å²) in [6.07, 6.45) is 5.93. The van der Waals surface area contributed by atoms with Crippen molar-refractivity contribution in [3.05, 3.63) is 63.6 Å². The molecule has 29 heavy (non-hydrogen) atoms. The van der Waals surface area contributed by atoms with Gasteiger partial charge >= 0.3 is 0 Å². The molecule has 2 N–H and O–H groups in total. The van der Waals surface area contributed by atoms with Crippen molar-refractivity contribution in [1.82, 2.24) is 5.32 Å². The van der Waals surface area contributed by atoms with E-state index in [0.717, 1.165) is 28.1 Å². The van der Waals surface area contributed by atoms with Crippen molar-refractivity contribution in [3.63, 3.8) is 0 Å². The molecular weight excluding hydrogens is 448 g/mol. The highest BCUT2D eigenvalue weighted by molar-refractivity contribution is 9.10. The van der Waals surface area contributed by atoms with Crippen LogP contribution in [0.5, 0.6) is 0 Å². The molecule has 156 valence electrons. The number of carbonyl (C=O) groups excluding carboxylic acids is 1. The lowest BCUT2D eigenvalue weighted by atomic mass is 9.72. The van der Waals surface area contributed by atoms with E-state index in [1.807, 2.05) is 48.5 Å². The minimum absolute atomic E-state index is 0.000501. The first kappa shape index (κ1) is 22.2. The highest BCUT2D eigenvalue weighted by atomic mass is 79.9. The van der Waals surface area contributed by atoms with Crippen molar-refractivity contribution in [2.45, 2.75) is 51.5 Å². The summed E-state index contributed by atoms with van der Waals surface area (Å²) in [6, 6.07) is 15.5. The molecule has 0 heterocycles. The summed E-state index contributed by atoms with van der Waals surface area (Å²) in [5, 5.41) is 7.53. The monoisotopic (exact) mass is 476 g/mol. The molecule has 3 nitrogen and oxygen atoms in total. The van der Waals surface area contributed by atoms with Crippen LogP contribution in [0.1, 0.15) is 56.3 Å². The number of rotatable bonds is 7. The van der Waals surface area contributed by atoms with Gasteiger partial charge in [0.1, 0.15) is 0 Å². The molecule has 0 aliphatic heterocycles. The molecule has 1 aliphatic carbocycles. The number of hydrogen-bond donors (Lipinski definition) is 2. The first-order chi connectivity index (χ1) is 13.8. The van der Waals surface area contributed by atoms with Crippen molar-refractivity contribution in [1.29, 1.82) is 0 Å². The number of carbonyl (C=O) groups is 1. The van der Waals surface area contributed by atoms with Gasteiger partial charge in [0.05, 0.1) is 5.56 Å². The standard InChI is InChI=1S/C24H30BrClN2O/c1-24(2,28-20-13-11-19(26)12-14-20)18-9-7-17(8-10-18)15-16-27-23(29)21-5-3-4-6-22(21)25/h3-6,11-14,17-18,28H,7-10,15-16H2,1-2H3,(H,27,29). The summed E-state index contributed by atoms with van der Waals surface area (Å²) < 4.78 is 0.841. The molecule has 0 unspecified atom stereocenters. The average molecular weight is 478 g/mol. The van der Waals surface area contributed by atoms with E-state index in [2.05, 4.69) is 40.4 Å². The summed E-state index contributed by atoms with van der Waals surface area (Å²) in [5.74, 6) is 1.33. The topological polar surface area (TPSA) is 41.1 Å². The zero-order valence-electron chi connectivity index (χ0n) is 17.2. The number of halogens is 2. The van der Waals surface area contributed by atoms with Gasteiger partial charge in [0.15, 0.2) is 0 Å². The fourth-order valence-electron chi connectivity index (χ4n) is 4.31. The fraction of sp³-hybridized carbons (Fsp3) is 0.458. The van der Waals surface area contributed by atoms with Gasteiger partial charge in [0.2, 0.25) is 0 Å². The second kappa shape index (κ2) is 9.99. The highest BCUT2D eigenvalue weighted by Crippen LogP contribution is 2.38. The van der Waals surface area contributed by atoms with E-state index in [-0.39, 0.29) is 11.4 Å². The Morgan fingerprint density at radius 1 is 1.07 bits per heavy atom. The smallest absolute Gasteiger partial charge is 0.252 e. The summed E-state index contributed by atoms with van der Waals surface area (Å²) in [6.45, 7) is 5.33. The summed E-state index contributed by atoms with van der Waals surface area (Å²) >= 11 is 9.44. The Labute approximate surface area is 187 Å². The Balaban J connectivity index is 1.42. The Morgan fingerprint density at radius 3 is 2.38 bits per heavy atom. The molecule has 2 aromatic carbocycles. The van der Waals surface area contributed by atoms with Crippen LogP contribution in [0.15, 0.2) is 53.0 Å². The van der Waals surface area contributed by atoms with Gasteiger partial charge in [-0.3, -0.25) is 4.79 Å². The maximum atomic E-state index is 12.3. The highest BCUT2D eigenvalue weighted by Gasteiger charge is 2.33. The van der Waals surface area contributed by atoms with Crippen molar-refractivity contribution in [2.24, 2.45) is 11.8 Å². The minimum Gasteiger partial charge on any atom is -0.380 e. The fourth-order valence-corrected chi connectivity index (χ4v) is 4.90. The molecule has 3 rings (SSSR count). The maximum Gasteiger partial charge on any atom is 0.252 e. The lowest BCUT2D eigenvalue weighted by Gasteiger charge is -2.40. The molecule has 0 aromatic heterocycles. The Kier molecular flexibility index (Phi) is 7.64. The normalized spacial score (nSPS) is 19.6. The van der Waals surface area contributed by atoms with E-state index in [0.29, 0.717) is 17.4 Å². The Bertz CT molecular complexity index is 814. The van der Waals surface area contributed by atoms with Gasteiger partial charge in [-0.15, -0.1) is 0 Å². The predicted octanol–water partition coefficient (Wildman–Crippen LogP) is 6.92. The maximum absolute atomic E-state index is 12.3. The third-order valence-electron chi connectivity index (χ3n) is 6.13. The number of hydrogen-bond acceptors (Lipinski definition) is 2. The molecule has 1 aliphatic rings. The van der Waals surface area contributed by atoms with E-state index in [9.17, 15) is 4.79 Å². The van der Waals surface area contributed by atoms with Crippen LogP contribution in [-0.2, 0) is 0 Å². The van der Waals surface area contributed by atoms with Crippen LogP contribution in [0.25, 0.3) is 0 Å². The molecular formula is C24H30BrClN2O. The van der Waals surface area contributed by atoms with E-state index < -0.39 is 0 Å². The third kappa shape index (κ3) is 6.23. The van der Waals surface area contributed by atoms with Crippen molar-refractivity contribution < 1.29 is 4.79 Å². The van der Waals surface area contributed by atoms with E-state index >= 15 is 0 Å². The first-order valence-electron chi connectivity index (χ1n) is 10.4. The van der Waals surface area contributed by atoms with Gasteiger partial charge in [-0.05, 0) is 97.3 Å². The second-order valence-electron chi connectivity index (χ2n) is 8.60. The summed E-state index contributed by atoms with van der Waals surface area (Å²) in [7, 11) is 0. The molecule has 0 spiro atoms. The predicted molar refractivity (Wildman–Crippen MR) is 126 cm³/mol. The van der Waals surface area contributed by atoms with Gasteiger partial charge in [-0.1, -0.05) is 36.6 Å². The van der Waals surface area contributed by atoms with Crippen LogP contribution in [0.4, 0.5) is 5.69 Å². The SMILES string of the molecule is CC(C)(Nc1ccc(Cl)cc1)C1CCC(CCNC(=O)c2ccccc2Br)CC1. The zero-order valence-corrected chi connectivity index (χ0v) is 19.5. The summed E-state index contributed by atoms with van der Waals surface area (Å²) in [5.41, 5.74) is 1.87. The van der Waals surface area contributed by atoms with Crippen molar-refractivity contribution in [3.8, 4) is 0 Å². The van der Waals surface area contributed by atoms with E-state index in [4.69, 9.17) is 11.6 Å². The van der Waals surface area contributed by atoms with Gasteiger partial charge in [0.25, 0.3) is 5.91 Å². The molecule has 5 heteroatoms.